The number of methoxy groups -OCH3 is 2. The van der Waals surface area contributed by atoms with Crippen LogP contribution in [-0.4, -0.2) is 63.4 Å². The Bertz CT molecular complexity index is 1660. The Morgan fingerprint density at radius 3 is 2.19 bits per heavy atom. The van der Waals surface area contributed by atoms with Gasteiger partial charge in [0.2, 0.25) is 0 Å². The Hall–Kier alpha value is -3.37. The summed E-state index contributed by atoms with van der Waals surface area (Å²) in [5, 5.41) is 12.5. The predicted octanol–water partition coefficient (Wildman–Crippen LogP) is 7.21. The van der Waals surface area contributed by atoms with Gasteiger partial charge in [-0.25, -0.2) is 4.98 Å². The van der Waals surface area contributed by atoms with Crippen LogP contribution in [0, 0.1) is 16.7 Å². The average molecular weight is 729 g/mol. The number of amides is 1. The molecule has 1 unspecified atom stereocenters. The van der Waals surface area contributed by atoms with Gasteiger partial charge in [0.05, 0.1) is 19.8 Å². The Balaban J connectivity index is 1.09. The van der Waals surface area contributed by atoms with Gasteiger partial charge in [-0.2, -0.15) is 0 Å². The number of halogens is 1. The topological polar surface area (TPSA) is 114 Å². The molecule has 7 rings (SSSR count). The molecule has 1 amide bonds. The molecule has 2 aliphatic carbocycles. The van der Waals surface area contributed by atoms with Gasteiger partial charge in [0.25, 0.3) is 5.91 Å². The molecule has 2 aromatic carbocycles. The largest absolute Gasteiger partial charge is 0.497 e. The van der Waals surface area contributed by atoms with Crippen LogP contribution in [0.25, 0.3) is 0 Å². The summed E-state index contributed by atoms with van der Waals surface area (Å²) in [5.41, 5.74) is 9.34. The number of rotatable bonds is 12. The minimum Gasteiger partial charge on any atom is -0.497 e. The standard InChI is InChI=1S/C42H57ClN6O3/c1-28(30-6-10-32(51-2)11-7-30)46-37-26-29(27-42(37)17-21-45-22-18-42)25-35(31-8-12-33(52-3)13-9-31)47-36-5-4-16-41(36)19-23-49(24-20-41)40-34(39(44)50)14-15-38(43)48-40/h6-15,28-29,35-37,45-47H,4-5,16-27H2,1-3H3,(H2,44,50)/t28-,29?,35-,36-,37-/m1/s1. The Morgan fingerprint density at radius 1 is 0.904 bits per heavy atom. The van der Waals surface area contributed by atoms with Crippen LogP contribution in [0.1, 0.15) is 105 Å². The second-order valence-electron chi connectivity index (χ2n) is 16.0. The third-order valence-electron chi connectivity index (χ3n) is 13.2. The van der Waals surface area contributed by atoms with Crippen LogP contribution in [0.15, 0.2) is 60.7 Å². The summed E-state index contributed by atoms with van der Waals surface area (Å²) < 4.78 is 11.0. The lowest BCUT2D eigenvalue weighted by molar-refractivity contribution is 0.1000. The molecule has 2 spiro atoms. The fraction of sp³-hybridized carbons (Fsp3) is 0.571. The first-order valence-corrected chi connectivity index (χ1v) is 19.8. The number of nitrogens with zero attached hydrogens (tertiary/aromatic N) is 2. The number of carbonyl (C=O) groups excluding carboxylic acids is 1. The lowest BCUT2D eigenvalue weighted by Gasteiger charge is -2.45. The zero-order valence-electron chi connectivity index (χ0n) is 31.1. The van der Waals surface area contributed by atoms with Gasteiger partial charge in [0.15, 0.2) is 0 Å². The maximum atomic E-state index is 12.3. The van der Waals surface area contributed by atoms with E-state index in [-0.39, 0.29) is 17.5 Å². The molecule has 5 N–H and O–H groups in total. The number of aromatic nitrogens is 1. The van der Waals surface area contributed by atoms with E-state index in [0.29, 0.717) is 40.0 Å². The van der Waals surface area contributed by atoms with Crippen molar-refractivity contribution in [2.75, 3.05) is 45.3 Å². The number of nitrogens with two attached hydrogens (primary N) is 1. The van der Waals surface area contributed by atoms with Crippen molar-refractivity contribution in [1.29, 1.82) is 0 Å². The molecule has 4 fully saturated rings. The van der Waals surface area contributed by atoms with E-state index in [9.17, 15) is 4.79 Å². The highest BCUT2D eigenvalue weighted by Gasteiger charge is 2.49. The SMILES string of the molecule is COc1ccc([C@@H](C)N[C@@H]2CC(C[C@@H](N[C@@H]3CCCC34CCN(c3nc(Cl)ccc3C(N)=O)CC4)c3ccc(OC)cc3)CC23CCNCC3)cc1. The molecule has 0 bridgehead atoms. The second kappa shape index (κ2) is 15.9. The summed E-state index contributed by atoms with van der Waals surface area (Å²) in [6.07, 6.45) is 11.7. The van der Waals surface area contributed by atoms with E-state index in [0.717, 1.165) is 56.9 Å². The molecule has 3 aromatic rings. The Kier molecular flexibility index (Phi) is 11.3. The van der Waals surface area contributed by atoms with E-state index in [1.807, 2.05) is 0 Å². The van der Waals surface area contributed by atoms with Crippen molar-refractivity contribution in [1.82, 2.24) is 20.9 Å². The van der Waals surface area contributed by atoms with Gasteiger partial charge in [0.1, 0.15) is 22.5 Å². The van der Waals surface area contributed by atoms with E-state index in [1.54, 1.807) is 26.4 Å². The van der Waals surface area contributed by atoms with Gasteiger partial charge in [0, 0.05) is 37.3 Å². The number of nitrogens with one attached hydrogen (secondary N) is 3. The number of ether oxygens (including phenoxy) is 2. The van der Waals surface area contributed by atoms with Crippen LogP contribution in [0.2, 0.25) is 5.15 Å². The fourth-order valence-electron chi connectivity index (χ4n) is 10.3. The molecule has 0 radical (unpaired) electrons. The summed E-state index contributed by atoms with van der Waals surface area (Å²) in [5.74, 6) is 2.55. The third kappa shape index (κ3) is 7.79. The first-order chi connectivity index (χ1) is 25.2. The van der Waals surface area contributed by atoms with Crippen molar-refractivity contribution in [2.45, 2.75) is 95.3 Å². The number of hydrogen-bond acceptors (Lipinski definition) is 8. The minimum atomic E-state index is -0.465. The zero-order valence-corrected chi connectivity index (χ0v) is 31.9. The second-order valence-corrected chi connectivity index (χ2v) is 16.4. The summed E-state index contributed by atoms with van der Waals surface area (Å²) in [6, 6.07) is 22.1. The van der Waals surface area contributed by atoms with Crippen LogP contribution in [-0.2, 0) is 0 Å². The van der Waals surface area contributed by atoms with Crippen molar-refractivity contribution in [3.8, 4) is 11.5 Å². The third-order valence-corrected chi connectivity index (χ3v) is 13.4. The molecule has 4 aliphatic rings. The van der Waals surface area contributed by atoms with Crippen LogP contribution >= 0.6 is 11.6 Å². The van der Waals surface area contributed by atoms with Crippen LogP contribution in [0.5, 0.6) is 11.5 Å². The quantitative estimate of drug-likeness (QED) is 0.145. The number of primary amides is 1. The van der Waals surface area contributed by atoms with Gasteiger partial charge in [-0.15, -0.1) is 0 Å². The van der Waals surface area contributed by atoms with Gasteiger partial charge in [-0.3, -0.25) is 4.79 Å². The van der Waals surface area contributed by atoms with Crippen LogP contribution in [0.3, 0.4) is 0 Å². The van der Waals surface area contributed by atoms with E-state index < -0.39 is 5.91 Å². The molecular formula is C42H57ClN6O3. The van der Waals surface area contributed by atoms with E-state index >= 15 is 0 Å². The van der Waals surface area contributed by atoms with Crippen LogP contribution < -0.4 is 36.1 Å². The molecule has 3 heterocycles. The molecule has 280 valence electrons. The predicted molar refractivity (Wildman–Crippen MR) is 208 cm³/mol. The highest BCUT2D eigenvalue weighted by Crippen LogP contribution is 2.52. The van der Waals surface area contributed by atoms with Gasteiger partial charge < -0.3 is 36.1 Å². The minimum absolute atomic E-state index is 0.205. The number of pyridine rings is 1. The molecule has 2 saturated heterocycles. The molecule has 2 aliphatic heterocycles. The Morgan fingerprint density at radius 2 is 1.56 bits per heavy atom. The fourth-order valence-corrected chi connectivity index (χ4v) is 10.5. The molecule has 9 nitrogen and oxygen atoms in total. The summed E-state index contributed by atoms with van der Waals surface area (Å²) in [4.78, 5) is 19.0. The van der Waals surface area contributed by atoms with Gasteiger partial charge in [-0.05, 0) is 142 Å². The monoisotopic (exact) mass is 728 g/mol. The van der Waals surface area contributed by atoms with Crippen molar-refractivity contribution in [2.24, 2.45) is 22.5 Å². The normalized spacial score (nSPS) is 24.9. The highest BCUT2D eigenvalue weighted by molar-refractivity contribution is 6.29. The molecule has 10 heteroatoms. The number of carbonyl (C=O) groups is 1. The lowest BCUT2D eigenvalue weighted by Crippen LogP contribution is -2.50. The first kappa shape index (κ1) is 37.0. The first-order valence-electron chi connectivity index (χ1n) is 19.4. The average Bonchev–Trinajstić information content (AvgIpc) is 3.70. The summed E-state index contributed by atoms with van der Waals surface area (Å²) >= 11 is 6.29. The molecule has 5 atom stereocenters. The van der Waals surface area contributed by atoms with Crippen molar-refractivity contribution >= 4 is 23.3 Å². The highest BCUT2D eigenvalue weighted by atomic mass is 35.5. The number of benzene rings is 2. The van der Waals surface area contributed by atoms with Crippen LogP contribution in [0.4, 0.5) is 5.82 Å². The van der Waals surface area contributed by atoms with Crippen molar-refractivity contribution in [3.63, 3.8) is 0 Å². The number of piperidine rings is 2. The van der Waals surface area contributed by atoms with Crippen molar-refractivity contribution in [3.05, 3.63) is 82.5 Å². The Labute approximate surface area is 314 Å². The van der Waals surface area contributed by atoms with E-state index in [1.165, 1.54) is 56.1 Å². The van der Waals surface area contributed by atoms with E-state index in [2.05, 4.69) is 81.3 Å². The number of anilines is 1. The summed E-state index contributed by atoms with van der Waals surface area (Å²) in [7, 11) is 3.46. The molecule has 52 heavy (non-hydrogen) atoms. The molecule has 1 aromatic heterocycles. The smallest absolute Gasteiger partial charge is 0.252 e. The van der Waals surface area contributed by atoms with E-state index in [4.69, 9.17) is 26.8 Å². The van der Waals surface area contributed by atoms with Gasteiger partial charge >= 0.3 is 0 Å². The molecule has 2 saturated carbocycles. The zero-order chi connectivity index (χ0) is 36.3. The lowest BCUT2D eigenvalue weighted by atomic mass is 9.73. The molecular weight excluding hydrogens is 672 g/mol. The number of hydrogen-bond donors (Lipinski definition) is 4. The maximum absolute atomic E-state index is 12.3. The maximum Gasteiger partial charge on any atom is 0.252 e. The summed E-state index contributed by atoms with van der Waals surface area (Å²) in [6.45, 7) is 6.16. The van der Waals surface area contributed by atoms with Crippen molar-refractivity contribution < 1.29 is 14.3 Å². The van der Waals surface area contributed by atoms with Gasteiger partial charge in [-0.1, -0.05) is 42.3 Å².